The molecular formula is C22H24F3N5O2. The molecule has 0 bridgehead atoms. The molecule has 0 unspecified atom stereocenters. The van der Waals surface area contributed by atoms with Gasteiger partial charge in [0.05, 0.1) is 19.8 Å². The van der Waals surface area contributed by atoms with Crippen LogP contribution >= 0.6 is 0 Å². The van der Waals surface area contributed by atoms with Crippen molar-refractivity contribution in [3.63, 3.8) is 0 Å². The van der Waals surface area contributed by atoms with Crippen LogP contribution in [0.2, 0.25) is 0 Å². The maximum absolute atomic E-state index is 12.4. The van der Waals surface area contributed by atoms with Gasteiger partial charge in [0.15, 0.2) is 0 Å². The molecular weight excluding hydrogens is 423 g/mol. The largest absolute Gasteiger partial charge is 0.573 e. The van der Waals surface area contributed by atoms with Crippen molar-refractivity contribution < 1.29 is 22.6 Å². The van der Waals surface area contributed by atoms with Crippen molar-refractivity contribution in [1.82, 2.24) is 25.1 Å². The molecule has 2 aromatic carbocycles. The fraction of sp³-hybridized carbons (Fsp3) is 0.409. The van der Waals surface area contributed by atoms with Gasteiger partial charge in [0.1, 0.15) is 5.75 Å². The molecule has 4 rings (SSSR count). The summed E-state index contributed by atoms with van der Waals surface area (Å²) in [5.74, 6) is 0.292. The minimum Gasteiger partial charge on any atom is -0.406 e. The third kappa shape index (κ3) is 6.27. The van der Waals surface area contributed by atoms with Crippen LogP contribution in [0.3, 0.4) is 0 Å². The van der Waals surface area contributed by atoms with Crippen LogP contribution in [0.15, 0.2) is 48.5 Å². The SMILES string of the molecule is FC(F)(F)Oc1ccc(Cc2ccccc2-c2nnn(CCCN3CCOCC3)n2)cc1. The van der Waals surface area contributed by atoms with Crippen molar-refractivity contribution in [2.75, 3.05) is 32.8 Å². The number of aromatic nitrogens is 4. The lowest BCUT2D eigenvalue weighted by molar-refractivity contribution is -0.274. The fourth-order valence-corrected chi connectivity index (χ4v) is 3.63. The van der Waals surface area contributed by atoms with Crippen molar-refractivity contribution in [2.24, 2.45) is 0 Å². The van der Waals surface area contributed by atoms with Gasteiger partial charge in [0.2, 0.25) is 5.82 Å². The number of nitrogens with zero attached hydrogens (tertiary/aromatic N) is 5. The highest BCUT2D eigenvalue weighted by atomic mass is 19.4. The van der Waals surface area contributed by atoms with Gasteiger partial charge in [-0.15, -0.1) is 23.4 Å². The maximum atomic E-state index is 12.4. The Bertz CT molecular complexity index is 1000. The van der Waals surface area contributed by atoms with Crippen LogP contribution in [0.1, 0.15) is 17.5 Å². The molecule has 1 aliphatic heterocycles. The van der Waals surface area contributed by atoms with E-state index in [1.165, 1.54) is 12.1 Å². The van der Waals surface area contributed by atoms with Gasteiger partial charge in [-0.3, -0.25) is 4.90 Å². The van der Waals surface area contributed by atoms with Crippen LogP contribution < -0.4 is 4.74 Å². The van der Waals surface area contributed by atoms with Crippen LogP contribution in [0.25, 0.3) is 11.4 Å². The summed E-state index contributed by atoms with van der Waals surface area (Å²) in [5.41, 5.74) is 2.66. The first-order chi connectivity index (χ1) is 15.5. The van der Waals surface area contributed by atoms with E-state index >= 15 is 0 Å². The molecule has 0 aliphatic carbocycles. The zero-order chi connectivity index (χ0) is 22.4. The molecule has 10 heteroatoms. The lowest BCUT2D eigenvalue weighted by Crippen LogP contribution is -2.37. The summed E-state index contributed by atoms with van der Waals surface area (Å²) in [6, 6.07) is 13.6. The van der Waals surface area contributed by atoms with Gasteiger partial charge in [-0.05, 0) is 41.3 Å². The minimum absolute atomic E-state index is 0.240. The van der Waals surface area contributed by atoms with E-state index in [9.17, 15) is 13.2 Å². The van der Waals surface area contributed by atoms with Crippen molar-refractivity contribution in [3.8, 4) is 17.1 Å². The fourth-order valence-electron chi connectivity index (χ4n) is 3.63. The highest BCUT2D eigenvalue weighted by Crippen LogP contribution is 2.25. The van der Waals surface area contributed by atoms with Gasteiger partial charge in [-0.1, -0.05) is 36.4 Å². The van der Waals surface area contributed by atoms with E-state index in [0.717, 1.165) is 56.0 Å². The van der Waals surface area contributed by atoms with E-state index in [0.29, 0.717) is 18.8 Å². The van der Waals surface area contributed by atoms with Crippen molar-refractivity contribution in [1.29, 1.82) is 0 Å². The molecule has 1 fully saturated rings. The molecule has 0 spiro atoms. The van der Waals surface area contributed by atoms with E-state index in [4.69, 9.17) is 4.74 Å². The van der Waals surface area contributed by atoms with Crippen LogP contribution in [0, 0.1) is 0 Å². The first kappa shape index (κ1) is 22.2. The average Bonchev–Trinajstić information content (AvgIpc) is 3.24. The number of halogens is 3. The third-order valence-electron chi connectivity index (χ3n) is 5.20. The summed E-state index contributed by atoms with van der Waals surface area (Å²) < 4.78 is 46.4. The van der Waals surface area contributed by atoms with Gasteiger partial charge >= 0.3 is 6.36 Å². The summed E-state index contributed by atoms with van der Waals surface area (Å²) >= 11 is 0. The van der Waals surface area contributed by atoms with Crippen LogP contribution in [-0.2, 0) is 17.7 Å². The molecule has 0 N–H and O–H groups in total. The van der Waals surface area contributed by atoms with Gasteiger partial charge in [0, 0.05) is 25.2 Å². The molecule has 0 amide bonds. The second kappa shape index (κ2) is 10.1. The standard InChI is InChI=1S/C22H24F3N5O2/c23-22(24,25)32-19-8-6-17(7-9-19)16-18-4-1-2-5-20(18)21-26-28-30(27-21)11-3-10-29-12-14-31-15-13-29/h1-2,4-9H,3,10-16H2. The maximum Gasteiger partial charge on any atom is 0.573 e. The zero-order valence-corrected chi connectivity index (χ0v) is 17.5. The van der Waals surface area contributed by atoms with E-state index in [1.54, 1.807) is 16.9 Å². The summed E-state index contributed by atoms with van der Waals surface area (Å²) in [7, 11) is 0. The van der Waals surface area contributed by atoms with Gasteiger partial charge < -0.3 is 9.47 Å². The van der Waals surface area contributed by atoms with Crippen molar-refractivity contribution in [2.45, 2.75) is 25.7 Å². The summed E-state index contributed by atoms with van der Waals surface area (Å²) in [6.45, 7) is 5.10. The van der Waals surface area contributed by atoms with E-state index in [2.05, 4.69) is 25.0 Å². The molecule has 0 atom stereocenters. The van der Waals surface area contributed by atoms with Crippen molar-refractivity contribution >= 4 is 0 Å². The molecule has 1 saturated heterocycles. The second-order valence-corrected chi connectivity index (χ2v) is 7.54. The zero-order valence-electron chi connectivity index (χ0n) is 17.5. The monoisotopic (exact) mass is 447 g/mol. The highest BCUT2D eigenvalue weighted by Gasteiger charge is 2.30. The van der Waals surface area contributed by atoms with Crippen LogP contribution in [-0.4, -0.2) is 64.3 Å². The third-order valence-corrected chi connectivity index (χ3v) is 5.20. The number of morpholine rings is 1. The molecule has 3 aromatic rings. The number of aryl methyl sites for hydroxylation is 1. The van der Waals surface area contributed by atoms with E-state index < -0.39 is 6.36 Å². The highest BCUT2D eigenvalue weighted by molar-refractivity contribution is 5.60. The Morgan fingerprint density at radius 3 is 2.47 bits per heavy atom. The number of hydrogen-bond acceptors (Lipinski definition) is 6. The second-order valence-electron chi connectivity index (χ2n) is 7.54. The molecule has 1 aromatic heterocycles. The van der Waals surface area contributed by atoms with Crippen LogP contribution in [0.4, 0.5) is 13.2 Å². The lowest BCUT2D eigenvalue weighted by atomic mass is 9.99. The molecule has 0 radical (unpaired) electrons. The van der Waals surface area contributed by atoms with Gasteiger partial charge in [-0.2, -0.15) is 4.80 Å². The Balaban J connectivity index is 1.39. The topological polar surface area (TPSA) is 65.3 Å². The Kier molecular flexibility index (Phi) is 7.01. The van der Waals surface area contributed by atoms with Crippen molar-refractivity contribution in [3.05, 3.63) is 59.7 Å². The summed E-state index contributed by atoms with van der Waals surface area (Å²) in [4.78, 5) is 3.97. The Hall–Kier alpha value is -2.98. The lowest BCUT2D eigenvalue weighted by Gasteiger charge is -2.26. The molecule has 2 heterocycles. The first-order valence-electron chi connectivity index (χ1n) is 10.5. The van der Waals surface area contributed by atoms with Crippen LogP contribution in [0.5, 0.6) is 5.75 Å². The number of benzene rings is 2. The Morgan fingerprint density at radius 2 is 1.72 bits per heavy atom. The van der Waals surface area contributed by atoms with E-state index in [1.807, 2.05) is 24.3 Å². The van der Waals surface area contributed by atoms with E-state index in [-0.39, 0.29) is 5.75 Å². The van der Waals surface area contributed by atoms with Gasteiger partial charge in [0.25, 0.3) is 0 Å². The van der Waals surface area contributed by atoms with Gasteiger partial charge in [-0.25, -0.2) is 0 Å². The summed E-state index contributed by atoms with van der Waals surface area (Å²) in [5, 5.41) is 12.9. The molecule has 0 saturated carbocycles. The number of alkyl halides is 3. The quantitative estimate of drug-likeness (QED) is 0.526. The molecule has 170 valence electrons. The molecule has 7 nitrogen and oxygen atoms in total. The molecule has 32 heavy (non-hydrogen) atoms. The molecule has 1 aliphatic rings. The summed E-state index contributed by atoms with van der Waals surface area (Å²) in [6.07, 6.45) is -3.26. The normalized spacial score (nSPS) is 15.1. The number of rotatable bonds is 8. The smallest absolute Gasteiger partial charge is 0.406 e. The average molecular weight is 447 g/mol. The number of hydrogen-bond donors (Lipinski definition) is 0. The Labute approximate surface area is 183 Å². The number of ether oxygens (including phenoxy) is 2. The first-order valence-corrected chi connectivity index (χ1v) is 10.5. The minimum atomic E-state index is -4.70. The predicted octanol–water partition coefficient (Wildman–Crippen LogP) is 3.55. The Morgan fingerprint density at radius 1 is 0.969 bits per heavy atom. The predicted molar refractivity (Wildman–Crippen MR) is 111 cm³/mol. The number of tetrazole rings is 1.